The molecule has 1 heterocycles. The first kappa shape index (κ1) is 12.2. The standard InChI is InChI=1S/C12H20N2O3/c1-12(10(15)16)6-4-5-9(12)13-11(17)14-7-2-3-8-14/h9H,2-8H2,1H3,(H,13,17)(H,15,16). The molecular formula is C12H20N2O3. The molecule has 2 aliphatic rings. The van der Waals surface area contributed by atoms with Crippen molar-refractivity contribution in [2.24, 2.45) is 5.41 Å². The fourth-order valence-electron chi connectivity index (χ4n) is 2.81. The number of rotatable bonds is 2. The number of aliphatic carboxylic acids is 1. The summed E-state index contributed by atoms with van der Waals surface area (Å²) in [5, 5.41) is 12.2. The Balaban J connectivity index is 1.98. The lowest BCUT2D eigenvalue weighted by Gasteiger charge is -2.29. The Hall–Kier alpha value is -1.26. The van der Waals surface area contributed by atoms with E-state index in [4.69, 9.17) is 0 Å². The predicted molar refractivity (Wildman–Crippen MR) is 62.7 cm³/mol. The Morgan fingerprint density at radius 2 is 1.94 bits per heavy atom. The molecule has 2 atom stereocenters. The highest BCUT2D eigenvalue weighted by Gasteiger charge is 2.46. The zero-order valence-corrected chi connectivity index (χ0v) is 10.2. The first-order valence-corrected chi connectivity index (χ1v) is 6.33. The maximum absolute atomic E-state index is 11.9. The number of amides is 2. The molecule has 0 aromatic heterocycles. The van der Waals surface area contributed by atoms with E-state index in [1.165, 1.54) is 0 Å². The van der Waals surface area contributed by atoms with Crippen molar-refractivity contribution < 1.29 is 14.7 Å². The predicted octanol–water partition coefficient (Wildman–Crippen LogP) is 1.44. The fraction of sp³-hybridized carbons (Fsp3) is 0.833. The second-order valence-electron chi connectivity index (χ2n) is 5.31. The maximum Gasteiger partial charge on any atom is 0.317 e. The van der Waals surface area contributed by atoms with Crippen LogP contribution in [-0.4, -0.2) is 41.1 Å². The van der Waals surface area contributed by atoms with Gasteiger partial charge in [-0.2, -0.15) is 0 Å². The second kappa shape index (κ2) is 4.55. The summed E-state index contributed by atoms with van der Waals surface area (Å²) in [5.74, 6) is -0.804. The van der Waals surface area contributed by atoms with E-state index in [1.54, 1.807) is 11.8 Å². The molecule has 1 saturated heterocycles. The van der Waals surface area contributed by atoms with Crippen molar-refractivity contribution in [3.05, 3.63) is 0 Å². The Kier molecular flexibility index (Phi) is 3.26. The molecule has 2 rings (SSSR count). The summed E-state index contributed by atoms with van der Waals surface area (Å²) in [6, 6.07) is -0.324. The van der Waals surface area contributed by atoms with Crippen molar-refractivity contribution >= 4 is 12.0 Å². The van der Waals surface area contributed by atoms with Crippen molar-refractivity contribution in [1.29, 1.82) is 0 Å². The highest BCUT2D eigenvalue weighted by molar-refractivity contribution is 5.79. The normalized spacial score (nSPS) is 32.8. The molecule has 0 radical (unpaired) electrons. The van der Waals surface area contributed by atoms with Crippen LogP contribution >= 0.6 is 0 Å². The smallest absolute Gasteiger partial charge is 0.317 e. The van der Waals surface area contributed by atoms with Gasteiger partial charge in [0, 0.05) is 19.1 Å². The molecule has 5 nitrogen and oxygen atoms in total. The first-order chi connectivity index (χ1) is 8.04. The molecular weight excluding hydrogens is 220 g/mol. The van der Waals surface area contributed by atoms with E-state index in [-0.39, 0.29) is 12.1 Å². The highest BCUT2D eigenvalue weighted by Crippen LogP contribution is 2.38. The van der Waals surface area contributed by atoms with Crippen LogP contribution in [0, 0.1) is 5.41 Å². The van der Waals surface area contributed by atoms with Crippen LogP contribution in [0.2, 0.25) is 0 Å². The van der Waals surface area contributed by atoms with Crippen LogP contribution in [0.3, 0.4) is 0 Å². The molecule has 1 saturated carbocycles. The Labute approximate surface area is 101 Å². The summed E-state index contributed by atoms with van der Waals surface area (Å²) in [6.45, 7) is 3.32. The molecule has 0 spiro atoms. The van der Waals surface area contributed by atoms with Gasteiger partial charge in [-0.1, -0.05) is 6.42 Å². The third-order valence-electron chi connectivity index (χ3n) is 4.14. The maximum atomic E-state index is 11.9. The van der Waals surface area contributed by atoms with Gasteiger partial charge in [0.25, 0.3) is 0 Å². The Morgan fingerprint density at radius 1 is 1.29 bits per heavy atom. The number of urea groups is 1. The van der Waals surface area contributed by atoms with Crippen LogP contribution < -0.4 is 5.32 Å². The van der Waals surface area contributed by atoms with Crippen LogP contribution in [-0.2, 0) is 4.79 Å². The summed E-state index contributed by atoms with van der Waals surface area (Å²) in [7, 11) is 0. The number of hydrogen-bond acceptors (Lipinski definition) is 2. The molecule has 2 N–H and O–H groups in total. The van der Waals surface area contributed by atoms with E-state index in [9.17, 15) is 14.7 Å². The average molecular weight is 240 g/mol. The van der Waals surface area contributed by atoms with Crippen LogP contribution in [0.15, 0.2) is 0 Å². The van der Waals surface area contributed by atoms with Crippen LogP contribution in [0.1, 0.15) is 39.0 Å². The monoisotopic (exact) mass is 240 g/mol. The third-order valence-corrected chi connectivity index (χ3v) is 4.14. The molecule has 1 aliphatic carbocycles. The zero-order chi connectivity index (χ0) is 12.5. The molecule has 0 bridgehead atoms. The number of likely N-dealkylation sites (tertiary alicyclic amines) is 1. The third kappa shape index (κ3) is 2.23. The minimum absolute atomic E-state index is 0.0955. The van der Waals surface area contributed by atoms with Crippen molar-refractivity contribution in [2.45, 2.75) is 45.1 Å². The molecule has 1 aliphatic heterocycles. The van der Waals surface area contributed by atoms with Gasteiger partial charge in [-0.25, -0.2) is 4.79 Å². The van der Waals surface area contributed by atoms with E-state index in [0.29, 0.717) is 6.42 Å². The number of carboxylic acid groups (broad SMARTS) is 1. The van der Waals surface area contributed by atoms with Gasteiger partial charge >= 0.3 is 12.0 Å². The van der Waals surface area contributed by atoms with Crippen molar-refractivity contribution in [3.8, 4) is 0 Å². The van der Waals surface area contributed by atoms with Crippen LogP contribution in [0.5, 0.6) is 0 Å². The number of carboxylic acids is 1. The largest absolute Gasteiger partial charge is 0.481 e. The summed E-state index contributed by atoms with van der Waals surface area (Å²) in [6.07, 6.45) is 4.38. The highest BCUT2D eigenvalue weighted by atomic mass is 16.4. The number of carbonyl (C=O) groups excluding carboxylic acids is 1. The number of carbonyl (C=O) groups is 2. The van der Waals surface area contributed by atoms with Crippen molar-refractivity contribution in [3.63, 3.8) is 0 Å². The lowest BCUT2D eigenvalue weighted by molar-refractivity contribution is -0.148. The quantitative estimate of drug-likeness (QED) is 0.767. The molecule has 2 fully saturated rings. The van der Waals surface area contributed by atoms with Gasteiger partial charge in [-0.15, -0.1) is 0 Å². The zero-order valence-electron chi connectivity index (χ0n) is 10.2. The van der Waals surface area contributed by atoms with E-state index in [1.807, 2.05) is 0 Å². The molecule has 0 aromatic carbocycles. The van der Waals surface area contributed by atoms with Gasteiger partial charge in [0.2, 0.25) is 0 Å². The van der Waals surface area contributed by atoms with E-state index in [2.05, 4.69) is 5.32 Å². The summed E-state index contributed by atoms with van der Waals surface area (Å²) in [5.41, 5.74) is -0.796. The minimum atomic E-state index is -0.804. The van der Waals surface area contributed by atoms with Crippen LogP contribution in [0.25, 0.3) is 0 Å². The number of hydrogen-bond donors (Lipinski definition) is 2. The summed E-state index contributed by atoms with van der Waals surface area (Å²) in [4.78, 5) is 25.0. The summed E-state index contributed by atoms with van der Waals surface area (Å²) >= 11 is 0. The number of nitrogens with one attached hydrogen (secondary N) is 1. The van der Waals surface area contributed by atoms with Crippen molar-refractivity contribution in [1.82, 2.24) is 10.2 Å². The van der Waals surface area contributed by atoms with E-state index in [0.717, 1.165) is 38.8 Å². The first-order valence-electron chi connectivity index (χ1n) is 6.33. The fourth-order valence-corrected chi connectivity index (χ4v) is 2.81. The van der Waals surface area contributed by atoms with E-state index >= 15 is 0 Å². The Bertz CT molecular complexity index is 326. The van der Waals surface area contributed by atoms with Crippen molar-refractivity contribution in [2.75, 3.05) is 13.1 Å². The lowest BCUT2D eigenvalue weighted by Crippen LogP contribution is -2.50. The van der Waals surface area contributed by atoms with Gasteiger partial charge in [-0.05, 0) is 32.6 Å². The topological polar surface area (TPSA) is 69.6 Å². The van der Waals surface area contributed by atoms with Gasteiger partial charge in [-0.3, -0.25) is 4.79 Å². The Morgan fingerprint density at radius 3 is 2.53 bits per heavy atom. The molecule has 96 valence electrons. The minimum Gasteiger partial charge on any atom is -0.481 e. The van der Waals surface area contributed by atoms with Crippen LogP contribution in [0.4, 0.5) is 4.79 Å². The summed E-state index contributed by atoms with van der Waals surface area (Å²) < 4.78 is 0. The van der Waals surface area contributed by atoms with E-state index < -0.39 is 11.4 Å². The molecule has 2 unspecified atom stereocenters. The molecule has 17 heavy (non-hydrogen) atoms. The molecule has 2 amide bonds. The molecule has 0 aromatic rings. The second-order valence-corrected chi connectivity index (χ2v) is 5.31. The van der Waals surface area contributed by atoms with Gasteiger partial charge in [0.05, 0.1) is 5.41 Å². The SMILES string of the molecule is CC1(C(=O)O)CCCC1NC(=O)N1CCCC1. The van der Waals surface area contributed by atoms with Gasteiger partial charge in [0.1, 0.15) is 0 Å². The molecule has 5 heteroatoms. The number of nitrogens with zero attached hydrogens (tertiary/aromatic N) is 1. The van der Waals surface area contributed by atoms with Gasteiger partial charge in [0.15, 0.2) is 0 Å². The van der Waals surface area contributed by atoms with Gasteiger partial charge < -0.3 is 15.3 Å². The lowest BCUT2D eigenvalue weighted by atomic mass is 9.85. The average Bonchev–Trinajstić information content (AvgIpc) is 2.89.